The van der Waals surface area contributed by atoms with Crippen LogP contribution >= 0.6 is 22.7 Å². The summed E-state index contributed by atoms with van der Waals surface area (Å²) >= 11 is -10.9. The van der Waals surface area contributed by atoms with E-state index in [0.717, 1.165) is 24.1 Å². The topological polar surface area (TPSA) is 9.72 Å². The van der Waals surface area contributed by atoms with Crippen molar-refractivity contribution in [2.24, 2.45) is 0 Å². The third-order valence-corrected chi connectivity index (χ3v) is 10.8. The number of benzene rings is 6. The molecule has 284 valence electrons. The molecule has 0 bridgehead atoms. The van der Waals surface area contributed by atoms with Gasteiger partial charge in [-0.3, -0.25) is 0 Å². The molecule has 54 heavy (non-hydrogen) atoms. The molecule has 6 rings (SSSR count). The number of hydrogen-bond acceptors (Lipinski definition) is 3. The highest BCUT2D eigenvalue weighted by atomic mass is 32.3. The summed E-state index contributed by atoms with van der Waals surface area (Å²) < 4.78 is 83.6. The van der Waals surface area contributed by atoms with Crippen molar-refractivity contribution < 1.29 is 23.3 Å². The first-order valence-electron chi connectivity index (χ1n) is 17.5. The van der Waals surface area contributed by atoms with Gasteiger partial charge in [-0.2, -0.15) is 0 Å². The van der Waals surface area contributed by atoms with Gasteiger partial charge in [0, 0.05) is 18.4 Å². The van der Waals surface area contributed by atoms with Gasteiger partial charge in [-0.05, 0) is 103 Å². The van der Waals surface area contributed by atoms with Crippen LogP contribution in [0.25, 0.3) is 0 Å². The predicted octanol–water partition coefficient (Wildman–Crippen LogP) is 15.9. The summed E-state index contributed by atoms with van der Waals surface area (Å²) in [6, 6.07) is 49.0. The van der Waals surface area contributed by atoms with Gasteiger partial charge in [0.15, 0.2) is 0 Å². The van der Waals surface area contributed by atoms with Gasteiger partial charge >= 0.3 is 22.7 Å². The molecule has 0 radical (unpaired) electrons. The van der Waals surface area contributed by atoms with Crippen molar-refractivity contribution in [3.63, 3.8) is 0 Å². The fraction of sp³-hybridized carbons (Fsp3) is 0.163. The molecule has 0 fully saturated rings. The van der Waals surface area contributed by atoms with E-state index in [4.69, 9.17) is 0 Å². The molecule has 0 aromatic heterocycles. The van der Waals surface area contributed by atoms with Crippen molar-refractivity contribution in [3.8, 4) is 0 Å². The molecular weight excluding hydrogens is 737 g/mol. The summed E-state index contributed by atoms with van der Waals surface area (Å²) in [4.78, 5) is 1.86. The van der Waals surface area contributed by atoms with Crippen LogP contribution in [0.15, 0.2) is 170 Å². The third kappa shape index (κ3) is 10.6. The Balaban J connectivity index is 0.000000210. The maximum absolute atomic E-state index is 13.8. The van der Waals surface area contributed by atoms with E-state index in [9.17, 15) is 23.3 Å². The van der Waals surface area contributed by atoms with Crippen LogP contribution < -0.4 is 13.5 Å². The molecule has 0 aliphatic rings. The van der Waals surface area contributed by atoms with Crippen LogP contribution in [0.4, 0.5) is 57.4 Å². The number of para-hydroxylation sites is 3. The zero-order valence-electron chi connectivity index (χ0n) is 30.2. The number of rotatable bonds is 13. The standard InChI is InChI=1S/C24H26F3NS.C19H17F3N2S/c1-3-20(18-19(2)21-10-6-4-7-11-21)22-14-16-24(17-15-22)28(29(25,26)27)23-12-8-5-9-13-23;1-23(16-9-4-2-5-10-16)18-13-8-14-19(15-18)24(25(20,21)22)17-11-6-3-7-12-17/h4-17,19-20H,3,18H2,1-2H3;2-15H,1H3. The van der Waals surface area contributed by atoms with E-state index in [2.05, 4.69) is 26.0 Å². The van der Waals surface area contributed by atoms with Gasteiger partial charge < -0.3 is 4.90 Å². The highest BCUT2D eigenvalue weighted by Crippen LogP contribution is 2.62. The van der Waals surface area contributed by atoms with E-state index in [1.165, 1.54) is 35.9 Å². The van der Waals surface area contributed by atoms with Crippen molar-refractivity contribution in [2.75, 3.05) is 20.6 Å². The Morgan fingerprint density at radius 1 is 0.444 bits per heavy atom. The summed E-state index contributed by atoms with van der Waals surface area (Å²) in [5.74, 6) is 0.698. The fourth-order valence-corrected chi connectivity index (χ4v) is 7.73. The van der Waals surface area contributed by atoms with Gasteiger partial charge in [-0.15, -0.1) is 23.3 Å². The zero-order chi connectivity index (χ0) is 38.7. The van der Waals surface area contributed by atoms with Crippen molar-refractivity contribution in [2.45, 2.75) is 38.5 Å². The predicted molar refractivity (Wildman–Crippen MR) is 219 cm³/mol. The second kappa shape index (κ2) is 18.4. The molecule has 2 unspecified atom stereocenters. The quantitative estimate of drug-likeness (QED) is 0.108. The van der Waals surface area contributed by atoms with Crippen LogP contribution in [-0.2, 0) is 0 Å². The Kier molecular flexibility index (Phi) is 13.7. The molecule has 0 spiro atoms. The zero-order valence-corrected chi connectivity index (χ0v) is 31.8. The minimum Gasteiger partial charge on any atom is -0.345 e. The Bertz CT molecular complexity index is 2000. The lowest BCUT2D eigenvalue weighted by Gasteiger charge is -2.30. The van der Waals surface area contributed by atoms with Crippen molar-refractivity contribution in [1.29, 1.82) is 0 Å². The molecule has 0 saturated carbocycles. The highest BCUT2D eigenvalue weighted by Gasteiger charge is 2.34. The fourth-order valence-electron chi connectivity index (χ4n) is 6.30. The lowest BCUT2D eigenvalue weighted by Crippen LogP contribution is -2.15. The smallest absolute Gasteiger partial charge is 0.306 e. The monoisotopic (exact) mass is 779 g/mol. The average Bonchev–Trinajstić information content (AvgIpc) is 3.18. The number of nitrogens with zero attached hydrogens (tertiary/aromatic N) is 3. The lowest BCUT2D eigenvalue weighted by atomic mass is 9.84. The molecule has 6 aromatic carbocycles. The van der Waals surface area contributed by atoms with Crippen molar-refractivity contribution in [1.82, 2.24) is 0 Å². The van der Waals surface area contributed by atoms with Crippen LogP contribution in [0, 0.1) is 0 Å². The van der Waals surface area contributed by atoms with E-state index in [1.54, 1.807) is 66.7 Å². The number of anilines is 6. The summed E-state index contributed by atoms with van der Waals surface area (Å²) in [6.45, 7) is 4.34. The van der Waals surface area contributed by atoms with Crippen molar-refractivity contribution in [3.05, 3.63) is 181 Å². The summed E-state index contributed by atoms with van der Waals surface area (Å²) in [6.07, 6.45) is 1.91. The normalized spacial score (nSPS) is 13.1. The summed E-state index contributed by atoms with van der Waals surface area (Å²) in [7, 11) is 1.84. The molecule has 0 saturated heterocycles. The van der Waals surface area contributed by atoms with Gasteiger partial charge in [-0.1, -0.05) is 117 Å². The Labute approximate surface area is 319 Å². The minimum atomic E-state index is -5.46. The molecule has 6 aromatic rings. The molecular formula is C43H43F6N3S2. The highest BCUT2D eigenvalue weighted by molar-refractivity contribution is 8.22. The Hall–Kier alpha value is -5.00. The average molecular weight is 780 g/mol. The van der Waals surface area contributed by atoms with E-state index >= 15 is 0 Å². The maximum Gasteiger partial charge on any atom is 0.306 e. The SMILES string of the molecule is CCC(CC(C)c1ccccc1)c1ccc(N(c2ccccc2)S(F)(F)F)cc1.CN(c1ccccc1)c1cccc(N(c2ccccc2)S(F)(F)F)c1. The maximum atomic E-state index is 13.8. The lowest BCUT2D eigenvalue weighted by molar-refractivity contribution is 0.544. The molecule has 0 heterocycles. The Morgan fingerprint density at radius 3 is 1.30 bits per heavy atom. The largest absolute Gasteiger partial charge is 0.345 e. The summed E-state index contributed by atoms with van der Waals surface area (Å²) in [5, 5.41) is 0. The van der Waals surface area contributed by atoms with Gasteiger partial charge in [-0.25, -0.2) is 8.61 Å². The van der Waals surface area contributed by atoms with Gasteiger partial charge in [0.05, 0.1) is 22.7 Å². The van der Waals surface area contributed by atoms with Gasteiger partial charge in [0.1, 0.15) is 0 Å². The number of halogens is 6. The third-order valence-electron chi connectivity index (χ3n) is 9.09. The molecule has 2 atom stereocenters. The molecule has 0 aliphatic carbocycles. The van der Waals surface area contributed by atoms with Crippen molar-refractivity contribution >= 4 is 56.9 Å². The second-order valence-electron chi connectivity index (χ2n) is 12.7. The molecule has 0 aliphatic heterocycles. The second-order valence-corrected chi connectivity index (χ2v) is 14.9. The van der Waals surface area contributed by atoms with Crippen LogP contribution in [0.3, 0.4) is 0 Å². The van der Waals surface area contributed by atoms with E-state index in [0.29, 0.717) is 26.1 Å². The first-order valence-corrected chi connectivity index (χ1v) is 20.0. The summed E-state index contributed by atoms with van der Waals surface area (Å²) in [5.41, 5.74) is 4.50. The van der Waals surface area contributed by atoms with Crippen LogP contribution in [-0.4, -0.2) is 7.05 Å². The van der Waals surface area contributed by atoms with E-state index in [1.807, 2.05) is 72.6 Å². The van der Waals surface area contributed by atoms with Crippen LogP contribution in [0.1, 0.15) is 49.7 Å². The van der Waals surface area contributed by atoms with Crippen LogP contribution in [0.5, 0.6) is 0 Å². The first kappa shape index (κ1) is 40.2. The molecule has 0 amide bonds. The van der Waals surface area contributed by atoms with E-state index < -0.39 is 22.7 Å². The van der Waals surface area contributed by atoms with E-state index in [-0.39, 0.29) is 22.7 Å². The molecule has 0 N–H and O–H groups in total. The van der Waals surface area contributed by atoms with Crippen LogP contribution in [0.2, 0.25) is 0 Å². The minimum absolute atomic E-state index is 0.106. The van der Waals surface area contributed by atoms with Gasteiger partial charge in [0.2, 0.25) is 0 Å². The number of hydrogen-bond donors (Lipinski definition) is 0. The van der Waals surface area contributed by atoms with Gasteiger partial charge in [0.25, 0.3) is 0 Å². The molecule has 11 heteroatoms. The Morgan fingerprint density at radius 2 is 0.833 bits per heavy atom. The molecule has 3 nitrogen and oxygen atoms in total. The first-order chi connectivity index (χ1) is 25.9.